The van der Waals surface area contributed by atoms with Crippen molar-refractivity contribution >= 4 is 57.1 Å². The van der Waals surface area contributed by atoms with Gasteiger partial charge in [-0.1, -0.05) is 79.4 Å². The van der Waals surface area contributed by atoms with E-state index in [2.05, 4.69) is 30.4 Å². The first-order chi connectivity index (χ1) is 17.5. The number of amides is 2. The lowest BCUT2D eigenvalue weighted by atomic mass is 10.1. The van der Waals surface area contributed by atoms with Gasteiger partial charge in [0.1, 0.15) is 10.9 Å². The van der Waals surface area contributed by atoms with Gasteiger partial charge in [-0.05, 0) is 36.5 Å². The Morgan fingerprint density at radius 1 is 1.17 bits per heavy atom. The molecule has 0 aliphatic carbocycles. The Bertz CT molecular complexity index is 1280. The number of benzene rings is 2. The van der Waals surface area contributed by atoms with Crippen LogP contribution < -0.4 is 5.32 Å². The number of ether oxygens (including phenoxy) is 1. The molecule has 3 aromatic rings. The number of hydrogen-bond donors (Lipinski definition) is 1. The van der Waals surface area contributed by atoms with Gasteiger partial charge in [0, 0.05) is 44.0 Å². The normalized spacial score (nSPS) is 14.8. The lowest BCUT2D eigenvalue weighted by molar-refractivity contribution is -0.122. The molecule has 1 aromatic heterocycles. The zero-order valence-corrected chi connectivity index (χ0v) is 22.3. The van der Waals surface area contributed by atoms with Crippen molar-refractivity contribution in [2.45, 2.75) is 32.7 Å². The third-order valence-electron chi connectivity index (χ3n) is 6.18. The van der Waals surface area contributed by atoms with Crippen LogP contribution in [0.3, 0.4) is 0 Å². The van der Waals surface area contributed by atoms with E-state index in [0.29, 0.717) is 28.9 Å². The topological polar surface area (TPSA) is 63.6 Å². The molecule has 1 aliphatic rings. The highest BCUT2D eigenvalue weighted by molar-refractivity contribution is 8.26. The standard InChI is InChI=1S/C28H31N3O3S2/c1-3-21-11-7-12-23-22(18-30(26(21)23)19-25(32)29-14-8-16-34-2)17-24-27(33)31(28(35)36-24)15-13-20-9-5-4-6-10-20/h4-7,9-12,17-18H,3,8,13-16,19H2,1-2H3,(H,29,32)/b24-17-. The first kappa shape index (κ1) is 26.1. The lowest BCUT2D eigenvalue weighted by Gasteiger charge is -2.14. The zero-order chi connectivity index (χ0) is 25.5. The molecule has 1 fully saturated rings. The fraction of sp³-hybridized carbons (Fsp3) is 0.321. The number of methoxy groups -OCH3 is 1. The van der Waals surface area contributed by atoms with Gasteiger partial charge in [0.05, 0.1) is 10.4 Å². The van der Waals surface area contributed by atoms with Crippen molar-refractivity contribution < 1.29 is 14.3 Å². The number of nitrogens with zero attached hydrogens (tertiary/aromatic N) is 2. The number of aromatic nitrogens is 1. The third-order valence-corrected chi connectivity index (χ3v) is 7.56. The molecule has 4 rings (SSSR count). The third kappa shape index (κ3) is 6.06. The van der Waals surface area contributed by atoms with Crippen molar-refractivity contribution in [2.24, 2.45) is 0 Å². The van der Waals surface area contributed by atoms with Crippen LogP contribution in [-0.2, 0) is 33.7 Å². The molecule has 1 aliphatic heterocycles. The summed E-state index contributed by atoms with van der Waals surface area (Å²) < 4.78 is 7.62. The Labute approximate surface area is 221 Å². The molecule has 0 radical (unpaired) electrons. The predicted octanol–water partition coefficient (Wildman–Crippen LogP) is 4.80. The quantitative estimate of drug-likeness (QED) is 0.223. The monoisotopic (exact) mass is 521 g/mol. The van der Waals surface area contributed by atoms with Crippen LogP contribution >= 0.6 is 24.0 Å². The van der Waals surface area contributed by atoms with Gasteiger partial charge >= 0.3 is 0 Å². The maximum atomic E-state index is 13.2. The van der Waals surface area contributed by atoms with Crippen molar-refractivity contribution in [2.75, 3.05) is 26.8 Å². The number of para-hydroxylation sites is 1. The van der Waals surface area contributed by atoms with Crippen molar-refractivity contribution in [1.29, 1.82) is 0 Å². The van der Waals surface area contributed by atoms with Crippen LogP contribution in [0.1, 0.15) is 30.0 Å². The summed E-state index contributed by atoms with van der Waals surface area (Å²) in [5, 5.41) is 3.98. The SMILES string of the molecule is CCc1cccc2c(/C=C3\SC(=S)N(CCc4ccccc4)C3=O)cn(CC(=O)NCCCOC)c12. The van der Waals surface area contributed by atoms with Gasteiger partial charge in [-0.15, -0.1) is 0 Å². The number of fused-ring (bicyclic) bond motifs is 1. The van der Waals surface area contributed by atoms with E-state index < -0.39 is 0 Å². The Morgan fingerprint density at radius 3 is 2.72 bits per heavy atom. The van der Waals surface area contributed by atoms with Gasteiger partial charge in [-0.2, -0.15) is 0 Å². The van der Waals surface area contributed by atoms with Crippen molar-refractivity contribution in [3.63, 3.8) is 0 Å². The smallest absolute Gasteiger partial charge is 0.266 e. The minimum atomic E-state index is -0.0654. The van der Waals surface area contributed by atoms with E-state index in [1.165, 1.54) is 17.3 Å². The molecule has 0 atom stereocenters. The molecule has 1 N–H and O–H groups in total. The highest BCUT2D eigenvalue weighted by atomic mass is 32.2. The molecule has 6 nitrogen and oxygen atoms in total. The number of thiocarbonyl (C=S) groups is 1. The Hall–Kier alpha value is -2.94. The van der Waals surface area contributed by atoms with Crippen LogP contribution in [0.4, 0.5) is 0 Å². The number of carbonyl (C=O) groups is 2. The molecule has 36 heavy (non-hydrogen) atoms. The van der Waals surface area contributed by atoms with E-state index in [9.17, 15) is 9.59 Å². The fourth-order valence-electron chi connectivity index (χ4n) is 4.36. The highest BCUT2D eigenvalue weighted by Gasteiger charge is 2.32. The van der Waals surface area contributed by atoms with Gasteiger partial charge in [0.2, 0.25) is 5.91 Å². The van der Waals surface area contributed by atoms with E-state index in [4.69, 9.17) is 17.0 Å². The van der Waals surface area contributed by atoms with Gasteiger partial charge in [0.15, 0.2) is 0 Å². The molecule has 8 heteroatoms. The number of hydrogen-bond acceptors (Lipinski definition) is 5. The molecule has 188 valence electrons. The molecular weight excluding hydrogens is 490 g/mol. The zero-order valence-electron chi connectivity index (χ0n) is 20.7. The van der Waals surface area contributed by atoms with E-state index in [1.54, 1.807) is 12.0 Å². The highest BCUT2D eigenvalue weighted by Crippen LogP contribution is 2.35. The second-order valence-corrected chi connectivity index (χ2v) is 10.3. The van der Waals surface area contributed by atoms with Crippen LogP contribution in [0, 0.1) is 0 Å². The molecule has 2 heterocycles. The molecule has 2 aromatic carbocycles. The summed E-state index contributed by atoms with van der Waals surface area (Å²) in [7, 11) is 1.65. The molecule has 0 saturated carbocycles. The Morgan fingerprint density at radius 2 is 1.97 bits per heavy atom. The van der Waals surface area contributed by atoms with Crippen LogP contribution in [0.15, 0.2) is 59.6 Å². The number of rotatable bonds is 11. The van der Waals surface area contributed by atoms with Gasteiger partial charge in [-0.25, -0.2) is 0 Å². The number of nitrogens with one attached hydrogen (secondary N) is 1. The second-order valence-electron chi connectivity index (χ2n) is 8.64. The van der Waals surface area contributed by atoms with Crippen molar-refractivity contribution in [3.05, 3.63) is 76.3 Å². The van der Waals surface area contributed by atoms with Crippen LogP contribution in [0.2, 0.25) is 0 Å². The largest absolute Gasteiger partial charge is 0.385 e. The van der Waals surface area contributed by atoms with E-state index >= 15 is 0 Å². The summed E-state index contributed by atoms with van der Waals surface area (Å²) in [5.74, 6) is -0.114. The van der Waals surface area contributed by atoms with Crippen molar-refractivity contribution in [3.8, 4) is 0 Å². The molecular formula is C28H31N3O3S2. The average Bonchev–Trinajstić information content (AvgIpc) is 3.37. The summed E-state index contributed by atoms with van der Waals surface area (Å²) in [6.45, 7) is 4.06. The van der Waals surface area contributed by atoms with Gasteiger partial charge < -0.3 is 14.6 Å². The van der Waals surface area contributed by atoms with Crippen LogP contribution in [0.25, 0.3) is 17.0 Å². The second kappa shape index (κ2) is 12.3. The summed E-state index contributed by atoms with van der Waals surface area (Å²) >= 11 is 6.88. The summed E-state index contributed by atoms with van der Waals surface area (Å²) in [5.41, 5.74) is 4.27. The van der Waals surface area contributed by atoms with E-state index in [0.717, 1.165) is 41.3 Å². The number of thioether (sulfide) groups is 1. The Balaban J connectivity index is 1.56. The van der Waals surface area contributed by atoms with E-state index in [-0.39, 0.29) is 18.4 Å². The maximum Gasteiger partial charge on any atom is 0.266 e. The van der Waals surface area contributed by atoms with Crippen molar-refractivity contribution in [1.82, 2.24) is 14.8 Å². The molecule has 2 amide bonds. The minimum Gasteiger partial charge on any atom is -0.385 e. The number of carbonyl (C=O) groups excluding carboxylic acids is 2. The van der Waals surface area contributed by atoms with E-state index in [1.807, 2.05) is 47.2 Å². The first-order valence-corrected chi connectivity index (χ1v) is 13.4. The summed E-state index contributed by atoms with van der Waals surface area (Å²) in [6, 6.07) is 16.3. The number of aryl methyl sites for hydroxylation is 1. The average molecular weight is 522 g/mol. The minimum absolute atomic E-state index is 0.0484. The van der Waals surface area contributed by atoms with Crippen LogP contribution in [0.5, 0.6) is 0 Å². The summed E-state index contributed by atoms with van der Waals surface area (Å²) in [4.78, 5) is 28.1. The molecule has 1 saturated heterocycles. The van der Waals surface area contributed by atoms with Gasteiger partial charge in [0.25, 0.3) is 5.91 Å². The first-order valence-electron chi connectivity index (χ1n) is 12.2. The summed E-state index contributed by atoms with van der Waals surface area (Å²) in [6.07, 6.45) is 6.25. The molecule has 0 bridgehead atoms. The fourth-order valence-corrected chi connectivity index (χ4v) is 5.66. The Kier molecular flexibility index (Phi) is 8.96. The maximum absolute atomic E-state index is 13.2. The predicted molar refractivity (Wildman–Crippen MR) is 151 cm³/mol. The van der Waals surface area contributed by atoms with Crippen LogP contribution in [-0.4, -0.2) is 52.4 Å². The molecule has 0 spiro atoms. The lowest BCUT2D eigenvalue weighted by Crippen LogP contribution is -2.30. The van der Waals surface area contributed by atoms with Gasteiger partial charge in [-0.3, -0.25) is 14.5 Å². The molecule has 0 unspecified atom stereocenters.